The summed E-state index contributed by atoms with van der Waals surface area (Å²) in [5.41, 5.74) is 0.899. The van der Waals surface area contributed by atoms with E-state index in [1.165, 1.54) is 21.7 Å². The molecule has 1 saturated heterocycles. The van der Waals surface area contributed by atoms with E-state index in [0.29, 0.717) is 53.2 Å². The quantitative estimate of drug-likeness (QED) is 0.459. The molecular formula is C22H22ClN3O5S3. The van der Waals surface area contributed by atoms with Crippen LogP contribution in [0.25, 0.3) is 10.2 Å². The summed E-state index contributed by atoms with van der Waals surface area (Å²) in [5, 5.41) is 0. The number of piperidine rings is 1. The molecule has 0 saturated carbocycles. The van der Waals surface area contributed by atoms with Crippen LogP contribution in [0.3, 0.4) is 0 Å². The third-order valence-electron chi connectivity index (χ3n) is 5.81. The third kappa shape index (κ3) is 4.42. The van der Waals surface area contributed by atoms with Crippen LogP contribution in [0.4, 0.5) is 0 Å². The minimum Gasteiger partial charge on any atom is -0.486 e. The SMILES string of the molecule is C=CCn1c(=NC(=O)C2CCN(S(=O)(=O)c3ccc(Cl)s3)CC2)sc2cc3c(cc21)OCCO3. The fourth-order valence-corrected chi connectivity index (χ4v) is 8.25. The van der Waals surface area contributed by atoms with E-state index in [0.717, 1.165) is 21.6 Å². The average Bonchev–Trinajstić information content (AvgIpc) is 3.42. The number of aromatic nitrogens is 1. The Labute approximate surface area is 209 Å². The Morgan fingerprint density at radius 2 is 1.88 bits per heavy atom. The van der Waals surface area contributed by atoms with Gasteiger partial charge in [-0.2, -0.15) is 9.30 Å². The predicted octanol–water partition coefficient (Wildman–Crippen LogP) is 3.90. The molecule has 1 aromatic carbocycles. The summed E-state index contributed by atoms with van der Waals surface area (Å²) in [7, 11) is -3.60. The molecule has 0 atom stereocenters. The van der Waals surface area contributed by atoms with Gasteiger partial charge < -0.3 is 14.0 Å². The first-order valence-corrected chi connectivity index (χ1v) is 14.2. The maximum Gasteiger partial charge on any atom is 0.252 e. The summed E-state index contributed by atoms with van der Waals surface area (Å²) < 4.78 is 42.0. The minimum absolute atomic E-state index is 0.221. The molecular weight excluding hydrogens is 518 g/mol. The molecule has 0 unspecified atom stereocenters. The van der Waals surface area contributed by atoms with Crippen molar-refractivity contribution in [1.82, 2.24) is 8.87 Å². The van der Waals surface area contributed by atoms with Crippen molar-refractivity contribution >= 4 is 60.4 Å². The van der Waals surface area contributed by atoms with Gasteiger partial charge in [0.15, 0.2) is 16.3 Å². The van der Waals surface area contributed by atoms with Crippen molar-refractivity contribution in [3.05, 3.63) is 46.1 Å². The van der Waals surface area contributed by atoms with Crippen LogP contribution in [0, 0.1) is 5.92 Å². The first-order chi connectivity index (χ1) is 16.4. The van der Waals surface area contributed by atoms with Crippen LogP contribution in [-0.4, -0.2) is 49.5 Å². The predicted molar refractivity (Wildman–Crippen MR) is 132 cm³/mol. The van der Waals surface area contributed by atoms with Crippen molar-refractivity contribution < 1.29 is 22.7 Å². The molecule has 1 amide bonds. The lowest BCUT2D eigenvalue weighted by atomic mass is 9.98. The number of nitrogens with zero attached hydrogens (tertiary/aromatic N) is 3. The maximum atomic E-state index is 13.1. The van der Waals surface area contributed by atoms with Crippen LogP contribution in [0.1, 0.15) is 12.8 Å². The van der Waals surface area contributed by atoms with Gasteiger partial charge in [0.1, 0.15) is 17.4 Å². The van der Waals surface area contributed by atoms with Gasteiger partial charge in [-0.1, -0.05) is 29.0 Å². The number of amides is 1. The lowest BCUT2D eigenvalue weighted by Gasteiger charge is -2.29. The number of sulfonamides is 1. The normalized spacial score (nSPS) is 17.9. The van der Waals surface area contributed by atoms with E-state index in [-0.39, 0.29) is 29.1 Å². The zero-order chi connectivity index (χ0) is 23.9. The van der Waals surface area contributed by atoms with E-state index < -0.39 is 10.0 Å². The highest BCUT2D eigenvalue weighted by atomic mass is 35.5. The van der Waals surface area contributed by atoms with Gasteiger partial charge in [-0.3, -0.25) is 4.79 Å². The van der Waals surface area contributed by atoms with E-state index >= 15 is 0 Å². The molecule has 5 rings (SSSR count). The molecule has 12 heteroatoms. The van der Waals surface area contributed by atoms with Gasteiger partial charge >= 0.3 is 0 Å². The summed E-state index contributed by atoms with van der Waals surface area (Å²) in [6, 6.07) is 6.92. The van der Waals surface area contributed by atoms with E-state index in [4.69, 9.17) is 21.1 Å². The molecule has 3 aromatic rings. The fourth-order valence-electron chi connectivity index (χ4n) is 4.09. The van der Waals surface area contributed by atoms with Gasteiger partial charge in [0.25, 0.3) is 15.9 Å². The van der Waals surface area contributed by atoms with Gasteiger partial charge in [-0.15, -0.1) is 17.9 Å². The Morgan fingerprint density at radius 3 is 2.53 bits per heavy atom. The van der Waals surface area contributed by atoms with Crippen LogP contribution in [0.2, 0.25) is 4.34 Å². The molecule has 0 spiro atoms. The number of thiazole rings is 1. The van der Waals surface area contributed by atoms with Crippen molar-refractivity contribution in [2.24, 2.45) is 10.9 Å². The van der Waals surface area contributed by atoms with E-state index in [1.54, 1.807) is 12.1 Å². The Kier molecular flexibility index (Phi) is 6.56. The standard InChI is InChI=1S/C22H22ClN3O5S3/c1-2-7-26-15-12-16-17(31-11-10-30-16)13-18(15)32-22(26)24-21(27)14-5-8-25(9-6-14)34(28,29)20-4-3-19(23)33-20/h2-4,12-14H,1,5-11H2. The van der Waals surface area contributed by atoms with Crippen LogP contribution in [-0.2, 0) is 21.4 Å². The van der Waals surface area contributed by atoms with Crippen molar-refractivity contribution in [2.75, 3.05) is 26.3 Å². The number of carbonyl (C=O) groups excluding carboxylic acids is 1. The van der Waals surface area contributed by atoms with Crippen LogP contribution >= 0.6 is 34.3 Å². The average molecular weight is 540 g/mol. The second kappa shape index (κ2) is 9.46. The molecule has 2 aliphatic rings. The van der Waals surface area contributed by atoms with Gasteiger partial charge in [0.2, 0.25) is 0 Å². The molecule has 2 aromatic heterocycles. The number of hydrogen-bond donors (Lipinski definition) is 0. The molecule has 0 bridgehead atoms. The summed E-state index contributed by atoms with van der Waals surface area (Å²) in [4.78, 5) is 18.1. The Hall–Kier alpha value is -2.18. The Bertz CT molecular complexity index is 1430. The number of rotatable bonds is 5. The number of fused-ring (bicyclic) bond motifs is 2. The first-order valence-electron chi connectivity index (χ1n) is 10.7. The number of thiophene rings is 1. The summed E-state index contributed by atoms with van der Waals surface area (Å²) in [6.45, 7) is 5.85. The lowest BCUT2D eigenvalue weighted by Crippen LogP contribution is -2.40. The van der Waals surface area contributed by atoms with E-state index in [9.17, 15) is 13.2 Å². The lowest BCUT2D eigenvalue weighted by molar-refractivity contribution is -0.122. The largest absolute Gasteiger partial charge is 0.486 e. The van der Waals surface area contributed by atoms with Crippen molar-refractivity contribution in [1.29, 1.82) is 0 Å². The molecule has 0 radical (unpaired) electrons. The smallest absolute Gasteiger partial charge is 0.252 e. The highest BCUT2D eigenvalue weighted by Crippen LogP contribution is 2.36. The monoisotopic (exact) mass is 539 g/mol. The zero-order valence-corrected chi connectivity index (χ0v) is 21.3. The second-order valence-electron chi connectivity index (χ2n) is 7.93. The first kappa shape index (κ1) is 23.6. The van der Waals surface area contributed by atoms with Crippen LogP contribution in [0.5, 0.6) is 11.5 Å². The number of benzene rings is 1. The van der Waals surface area contributed by atoms with E-state index in [2.05, 4.69) is 11.6 Å². The van der Waals surface area contributed by atoms with Crippen molar-refractivity contribution in [2.45, 2.75) is 23.6 Å². The van der Waals surface area contributed by atoms with Crippen molar-refractivity contribution in [3.8, 4) is 11.5 Å². The van der Waals surface area contributed by atoms with Crippen molar-refractivity contribution in [3.63, 3.8) is 0 Å². The molecule has 8 nitrogen and oxygen atoms in total. The molecule has 34 heavy (non-hydrogen) atoms. The number of hydrogen-bond acceptors (Lipinski definition) is 7. The van der Waals surface area contributed by atoms with E-state index in [1.807, 2.05) is 16.7 Å². The number of allylic oxidation sites excluding steroid dienone is 1. The summed E-state index contributed by atoms with van der Waals surface area (Å²) in [5.74, 6) is 0.788. The fraction of sp³-hybridized carbons (Fsp3) is 0.364. The highest BCUT2D eigenvalue weighted by Gasteiger charge is 2.33. The van der Waals surface area contributed by atoms with Crippen LogP contribution < -0.4 is 14.3 Å². The highest BCUT2D eigenvalue weighted by molar-refractivity contribution is 7.91. The topological polar surface area (TPSA) is 90.2 Å². The molecule has 1 fully saturated rings. The summed E-state index contributed by atoms with van der Waals surface area (Å²) in [6.07, 6.45) is 2.60. The second-order valence-corrected chi connectivity index (χ2v) is 12.8. The molecule has 0 N–H and O–H groups in total. The molecule has 4 heterocycles. The third-order valence-corrected chi connectivity index (χ3v) is 10.4. The van der Waals surface area contributed by atoms with Gasteiger partial charge in [0, 0.05) is 37.7 Å². The molecule has 180 valence electrons. The zero-order valence-electron chi connectivity index (χ0n) is 18.1. The van der Waals surface area contributed by atoms with Gasteiger partial charge in [-0.25, -0.2) is 8.42 Å². The number of carbonyl (C=O) groups is 1. The van der Waals surface area contributed by atoms with Gasteiger partial charge in [-0.05, 0) is 25.0 Å². The number of ether oxygens (including phenoxy) is 2. The maximum absolute atomic E-state index is 13.1. The van der Waals surface area contributed by atoms with Gasteiger partial charge in [0.05, 0.1) is 14.6 Å². The Balaban J connectivity index is 1.38. The minimum atomic E-state index is -3.60. The molecule has 0 aliphatic carbocycles. The summed E-state index contributed by atoms with van der Waals surface area (Å²) >= 11 is 8.35. The van der Waals surface area contributed by atoms with Crippen LogP contribution in [0.15, 0.2) is 46.1 Å². The molecule has 2 aliphatic heterocycles. The number of halogens is 1. The Morgan fingerprint density at radius 1 is 1.18 bits per heavy atom.